The number of carbonyl (C=O) groups excluding carboxylic acids is 6. The molecular formula is C73H73N11O8. The molecule has 9 aromatic rings. The predicted molar refractivity (Wildman–Crippen MR) is 351 cm³/mol. The van der Waals surface area contributed by atoms with Crippen molar-refractivity contribution in [3.05, 3.63) is 204 Å². The first-order valence-electron chi connectivity index (χ1n) is 31.6. The highest BCUT2D eigenvalue weighted by Crippen LogP contribution is 2.29. The van der Waals surface area contributed by atoms with E-state index in [1.54, 1.807) is 40.5 Å². The summed E-state index contributed by atoms with van der Waals surface area (Å²) in [6.07, 6.45) is 15.2. The number of aliphatic carboxylic acids is 1. The molecule has 1 saturated carbocycles. The van der Waals surface area contributed by atoms with Crippen LogP contribution in [0, 0.1) is 5.92 Å². The van der Waals surface area contributed by atoms with Gasteiger partial charge in [-0.15, -0.1) is 0 Å². The number of pyridine rings is 2. The summed E-state index contributed by atoms with van der Waals surface area (Å²) in [6, 6.07) is 48.3. The largest absolute Gasteiger partial charge is 0.481 e. The molecule has 0 unspecified atom stereocenters. The molecule has 4 N–H and O–H groups in total. The van der Waals surface area contributed by atoms with Crippen LogP contribution in [0.2, 0.25) is 0 Å². The van der Waals surface area contributed by atoms with Crippen LogP contribution in [0.3, 0.4) is 0 Å². The Balaban J connectivity index is 0.000000175. The summed E-state index contributed by atoms with van der Waals surface area (Å²) in [5.41, 5.74) is 9.62. The fraction of sp³-hybridized carbons (Fsp3) is 0.301. The van der Waals surface area contributed by atoms with Gasteiger partial charge in [0.2, 0.25) is 29.6 Å². The molecule has 19 nitrogen and oxygen atoms in total. The molecule has 0 radical (unpaired) electrons. The lowest BCUT2D eigenvalue weighted by Crippen LogP contribution is -2.44. The Hall–Kier alpha value is -10.3. The van der Waals surface area contributed by atoms with Gasteiger partial charge >= 0.3 is 5.97 Å². The first-order chi connectivity index (χ1) is 44.8. The Morgan fingerprint density at radius 2 is 1.03 bits per heavy atom. The van der Waals surface area contributed by atoms with E-state index in [9.17, 15) is 33.6 Å². The second kappa shape index (κ2) is 30.5. The third-order valence-corrected chi connectivity index (χ3v) is 17.2. The van der Waals surface area contributed by atoms with Gasteiger partial charge < -0.3 is 25.5 Å². The van der Waals surface area contributed by atoms with E-state index < -0.39 is 18.1 Å². The van der Waals surface area contributed by atoms with Crippen molar-refractivity contribution in [2.45, 2.75) is 114 Å². The van der Waals surface area contributed by atoms with Crippen molar-refractivity contribution in [3.63, 3.8) is 0 Å². The molecule has 4 amide bonds. The highest BCUT2D eigenvalue weighted by molar-refractivity contribution is 5.97. The molecule has 1 aliphatic carbocycles. The highest BCUT2D eigenvalue weighted by atomic mass is 16.4. The summed E-state index contributed by atoms with van der Waals surface area (Å²) in [7, 11) is 0. The summed E-state index contributed by atoms with van der Waals surface area (Å²) < 4.78 is 0. The maximum absolute atomic E-state index is 13.3. The van der Waals surface area contributed by atoms with Gasteiger partial charge in [0.05, 0.1) is 61.4 Å². The average molecular weight is 1230 g/mol. The lowest BCUT2D eigenvalue weighted by Gasteiger charge is -2.24. The van der Waals surface area contributed by atoms with E-state index >= 15 is 0 Å². The van der Waals surface area contributed by atoms with Gasteiger partial charge in [0.25, 0.3) is 0 Å². The smallest absolute Gasteiger partial charge is 0.307 e. The maximum atomic E-state index is 13.3. The number of ketones is 2. The zero-order valence-corrected chi connectivity index (χ0v) is 51.2. The van der Waals surface area contributed by atoms with Crippen LogP contribution in [0.4, 0.5) is 11.6 Å². The third kappa shape index (κ3) is 16.8. The summed E-state index contributed by atoms with van der Waals surface area (Å²) in [5.74, 6) is 0.0730. The number of aromatic nitrogens is 6. The van der Waals surface area contributed by atoms with Gasteiger partial charge in [0.15, 0.2) is 17.4 Å². The molecule has 3 atom stereocenters. The monoisotopic (exact) mass is 1230 g/mol. The Morgan fingerprint density at radius 1 is 0.467 bits per heavy atom. The van der Waals surface area contributed by atoms with Crippen molar-refractivity contribution in [2.24, 2.45) is 5.92 Å². The molecule has 4 aromatic heterocycles. The summed E-state index contributed by atoms with van der Waals surface area (Å²) in [6.45, 7) is 2.06. The zero-order valence-electron chi connectivity index (χ0n) is 51.2. The van der Waals surface area contributed by atoms with E-state index in [-0.39, 0.29) is 72.4 Å². The summed E-state index contributed by atoms with van der Waals surface area (Å²) in [4.78, 5) is 118. The minimum absolute atomic E-state index is 0.0103. The lowest BCUT2D eigenvalue weighted by molar-refractivity contribution is -0.137. The van der Waals surface area contributed by atoms with Crippen LogP contribution >= 0.6 is 0 Å². The number of benzene rings is 5. The number of likely N-dealkylation sites (tertiary alicyclic amines) is 2. The maximum Gasteiger partial charge on any atom is 0.307 e. The van der Waals surface area contributed by atoms with Gasteiger partial charge in [-0.2, -0.15) is 0 Å². The molecule has 4 fully saturated rings. The SMILES string of the molecule is O=C(Cc1ccc2cc(-c3cnc(NC(=O)[C@@H]4CCCN4C(=O)Cc4ccccc4)nc3)ccc2n1)[C@@H]1CCCN1C(=O)Cc1ccccc1.O=C(Nc1ccc(-c2ncc3nc(CC(=O)[C@@H]4CCCN4)ccc3n2)cc1)C1CCCC1.O=C(O)Cc1ccccc1. The molecule has 19 heteroatoms. The van der Waals surface area contributed by atoms with Gasteiger partial charge in [0.1, 0.15) is 11.6 Å². The lowest BCUT2D eigenvalue weighted by atomic mass is 10.0. The Morgan fingerprint density at radius 3 is 1.65 bits per heavy atom. The fourth-order valence-corrected chi connectivity index (χ4v) is 12.3. The third-order valence-electron chi connectivity index (χ3n) is 17.2. The van der Waals surface area contributed by atoms with Crippen LogP contribution in [0.1, 0.15) is 92.3 Å². The van der Waals surface area contributed by atoms with Gasteiger partial charge in [-0.05, 0) is 135 Å². The van der Waals surface area contributed by atoms with Gasteiger partial charge in [0, 0.05) is 65.0 Å². The normalized spacial score (nSPS) is 16.9. The first-order valence-corrected chi connectivity index (χ1v) is 31.6. The molecule has 468 valence electrons. The minimum Gasteiger partial charge on any atom is -0.481 e. The number of Topliss-reactive ketones (excluding diaryl/α,β-unsaturated/α-hetero) is 2. The second-order valence-corrected chi connectivity index (χ2v) is 23.7. The van der Waals surface area contributed by atoms with Crippen molar-refractivity contribution in [2.75, 3.05) is 30.3 Å². The van der Waals surface area contributed by atoms with Crippen molar-refractivity contribution in [1.29, 1.82) is 0 Å². The minimum atomic E-state index is -0.786. The molecule has 7 heterocycles. The van der Waals surface area contributed by atoms with Crippen molar-refractivity contribution >= 4 is 74.7 Å². The predicted octanol–water partition coefficient (Wildman–Crippen LogP) is 10.2. The number of hydrogen-bond donors (Lipinski definition) is 4. The fourth-order valence-electron chi connectivity index (χ4n) is 12.3. The van der Waals surface area contributed by atoms with Crippen LogP contribution in [-0.2, 0) is 65.7 Å². The molecule has 3 saturated heterocycles. The number of fused-ring (bicyclic) bond motifs is 2. The summed E-state index contributed by atoms with van der Waals surface area (Å²) in [5, 5.41) is 18.3. The molecule has 4 aliphatic rings. The molecule has 5 aromatic carbocycles. The second-order valence-electron chi connectivity index (χ2n) is 23.7. The van der Waals surface area contributed by atoms with Crippen molar-refractivity contribution < 1.29 is 38.7 Å². The van der Waals surface area contributed by atoms with Crippen molar-refractivity contribution in [3.8, 4) is 22.5 Å². The zero-order chi connectivity index (χ0) is 63.8. The van der Waals surface area contributed by atoms with E-state index in [1.807, 2.05) is 146 Å². The van der Waals surface area contributed by atoms with E-state index in [1.165, 1.54) is 0 Å². The van der Waals surface area contributed by atoms with E-state index in [2.05, 4.69) is 40.9 Å². The number of nitrogens with one attached hydrogen (secondary N) is 3. The van der Waals surface area contributed by atoms with Gasteiger partial charge in [-0.3, -0.25) is 43.9 Å². The topological polar surface area (TPSA) is 260 Å². The van der Waals surface area contributed by atoms with E-state index in [0.29, 0.717) is 55.8 Å². The standard InChI is InChI=1S/C40H38N6O4.C25H27N5O2.C8H8O2/c47-36(34-13-7-19-45(34)37(48)21-27-9-3-1-4-10-27)24-32-17-15-30-23-29(16-18-33(30)43-32)31-25-41-40(42-26-31)44-39(50)35-14-8-20-46(35)38(49)22-28-11-5-2-6-12-28;31-23(21-6-3-13-26-21)14-19-11-12-20-22(28-19)15-27-24(30-20)16-7-9-18(10-8-16)29-25(32)17-4-1-2-5-17;9-8(10)6-7-4-2-1-3-5-7/h1-6,9-12,15-18,23,25-26,34-35H,7-8,13-14,19-22,24H2,(H,41,42,44,50);7-12,15,17,21,26H,1-6,13-14H2,(H,29,32);1-5H,6H2,(H,9,10)/t34-,35-;21-;/m00./s1. The van der Waals surface area contributed by atoms with Crippen LogP contribution in [0.15, 0.2) is 176 Å². The average Bonchev–Trinajstić information content (AvgIpc) is 1.25. The number of hydrogen-bond acceptors (Lipinski definition) is 14. The van der Waals surface area contributed by atoms with Gasteiger partial charge in [-0.1, -0.05) is 116 Å². The van der Waals surface area contributed by atoms with E-state index in [0.717, 1.165) is 119 Å². The molecule has 92 heavy (non-hydrogen) atoms. The molecular weight excluding hydrogens is 1160 g/mol. The Bertz CT molecular complexity index is 4070. The quantitative estimate of drug-likeness (QED) is 0.0623. The summed E-state index contributed by atoms with van der Waals surface area (Å²) >= 11 is 0. The van der Waals surface area contributed by atoms with E-state index in [4.69, 9.17) is 10.1 Å². The van der Waals surface area contributed by atoms with Crippen LogP contribution in [-0.4, -0.2) is 124 Å². The molecule has 3 aliphatic heterocycles. The van der Waals surface area contributed by atoms with Crippen molar-refractivity contribution in [1.82, 2.24) is 45.0 Å². The highest BCUT2D eigenvalue weighted by Gasteiger charge is 2.36. The number of carboxylic acids is 1. The van der Waals surface area contributed by atoms with Crippen LogP contribution in [0.25, 0.3) is 44.5 Å². The van der Waals surface area contributed by atoms with Crippen LogP contribution < -0.4 is 16.0 Å². The number of nitrogens with zero attached hydrogens (tertiary/aromatic N) is 8. The molecule has 0 spiro atoms. The first kappa shape index (κ1) is 63.3. The number of carbonyl (C=O) groups is 7. The molecule has 13 rings (SSSR count). The van der Waals surface area contributed by atoms with Crippen LogP contribution in [0.5, 0.6) is 0 Å². The Kier molecular flexibility index (Phi) is 21.0. The number of rotatable bonds is 18. The number of amides is 4. The number of carboxylic acid groups (broad SMARTS) is 1. The van der Waals surface area contributed by atoms with Gasteiger partial charge in [-0.25, -0.2) is 24.9 Å². The molecule has 0 bridgehead atoms. The Labute approximate surface area is 533 Å². The number of anilines is 2.